The van der Waals surface area contributed by atoms with E-state index in [2.05, 4.69) is 18.8 Å². The summed E-state index contributed by atoms with van der Waals surface area (Å²) in [5, 5.41) is 0. The zero-order valence-electron chi connectivity index (χ0n) is 11.0. The minimum atomic E-state index is 0.732. The number of nitrogen functional groups attached to an aromatic ring is 1. The van der Waals surface area contributed by atoms with E-state index in [4.69, 9.17) is 10.5 Å². The predicted molar refractivity (Wildman–Crippen MR) is 79.1 cm³/mol. The van der Waals surface area contributed by atoms with Crippen LogP contribution >= 0.6 is 0 Å². The van der Waals surface area contributed by atoms with Gasteiger partial charge in [0.15, 0.2) is 0 Å². The van der Waals surface area contributed by atoms with E-state index in [-0.39, 0.29) is 0 Å². The molecule has 0 aliphatic carbocycles. The van der Waals surface area contributed by atoms with Gasteiger partial charge in [0.05, 0.1) is 6.61 Å². The van der Waals surface area contributed by atoms with Gasteiger partial charge in [-0.25, -0.2) is 0 Å². The van der Waals surface area contributed by atoms with Gasteiger partial charge in [-0.15, -0.1) is 0 Å². The molecule has 2 heteroatoms. The van der Waals surface area contributed by atoms with Gasteiger partial charge in [0.2, 0.25) is 0 Å². The van der Waals surface area contributed by atoms with E-state index in [1.807, 2.05) is 48.5 Å². The van der Waals surface area contributed by atoms with E-state index in [0.29, 0.717) is 0 Å². The van der Waals surface area contributed by atoms with E-state index in [1.54, 1.807) is 0 Å². The fourth-order valence-electron chi connectivity index (χ4n) is 1.62. The normalized spacial score (nSPS) is 9.53. The number of nitrogens with two attached hydrogens (primary N) is 1. The van der Waals surface area contributed by atoms with Gasteiger partial charge < -0.3 is 10.5 Å². The van der Waals surface area contributed by atoms with Gasteiger partial charge in [0.25, 0.3) is 0 Å². The summed E-state index contributed by atoms with van der Waals surface area (Å²) < 4.78 is 5.52. The van der Waals surface area contributed by atoms with Gasteiger partial charge >= 0.3 is 0 Å². The number of ether oxygens (including phenoxy) is 1. The Balaban J connectivity index is 2.08. The van der Waals surface area contributed by atoms with Crippen molar-refractivity contribution in [2.24, 2.45) is 0 Å². The highest BCUT2D eigenvalue weighted by Gasteiger charge is 1.93. The van der Waals surface area contributed by atoms with Crippen molar-refractivity contribution in [2.75, 3.05) is 12.3 Å². The first-order valence-corrected chi connectivity index (χ1v) is 6.38. The third kappa shape index (κ3) is 4.08. The molecule has 0 saturated carbocycles. The summed E-state index contributed by atoms with van der Waals surface area (Å²) in [6.07, 6.45) is 1.01. The van der Waals surface area contributed by atoms with Crippen LogP contribution in [0.5, 0.6) is 5.75 Å². The van der Waals surface area contributed by atoms with Crippen LogP contribution in [0.3, 0.4) is 0 Å². The molecule has 0 spiro atoms. The van der Waals surface area contributed by atoms with Crippen molar-refractivity contribution in [2.45, 2.75) is 13.3 Å². The average molecular weight is 251 g/mol. The minimum Gasteiger partial charge on any atom is -0.494 e. The number of hydrogen-bond donors (Lipinski definition) is 1. The molecule has 0 bridgehead atoms. The van der Waals surface area contributed by atoms with E-state index in [1.165, 1.54) is 0 Å². The van der Waals surface area contributed by atoms with Crippen LogP contribution in [0.4, 0.5) is 5.69 Å². The Labute approximate surface area is 114 Å². The maximum atomic E-state index is 5.71. The maximum absolute atomic E-state index is 5.71. The monoisotopic (exact) mass is 251 g/mol. The summed E-state index contributed by atoms with van der Waals surface area (Å²) >= 11 is 0. The molecule has 19 heavy (non-hydrogen) atoms. The van der Waals surface area contributed by atoms with Crippen LogP contribution in [-0.2, 0) is 0 Å². The molecule has 0 aliphatic rings. The molecule has 2 aromatic rings. The van der Waals surface area contributed by atoms with E-state index in [9.17, 15) is 0 Å². The van der Waals surface area contributed by atoms with Crippen molar-refractivity contribution >= 4 is 5.69 Å². The fraction of sp³-hybridized carbons (Fsp3) is 0.176. The summed E-state index contributed by atoms with van der Waals surface area (Å²) in [6.45, 7) is 2.83. The molecule has 2 nitrogen and oxygen atoms in total. The summed E-state index contributed by atoms with van der Waals surface area (Å²) in [5.41, 5.74) is 8.33. The Morgan fingerprint density at radius 1 is 1.00 bits per heavy atom. The average Bonchev–Trinajstić information content (AvgIpc) is 2.44. The summed E-state index contributed by atoms with van der Waals surface area (Å²) in [4.78, 5) is 0. The van der Waals surface area contributed by atoms with Crippen molar-refractivity contribution in [1.82, 2.24) is 0 Å². The topological polar surface area (TPSA) is 35.2 Å². The largest absolute Gasteiger partial charge is 0.494 e. The van der Waals surface area contributed by atoms with Crippen molar-refractivity contribution in [1.29, 1.82) is 0 Å². The van der Waals surface area contributed by atoms with E-state index in [0.717, 1.165) is 35.6 Å². The molecule has 0 unspecified atom stereocenters. The Morgan fingerprint density at radius 3 is 2.42 bits per heavy atom. The zero-order valence-corrected chi connectivity index (χ0v) is 11.0. The Kier molecular flexibility index (Phi) is 4.47. The standard InChI is InChI=1S/C17H17NO/c1-2-12-19-17-10-8-14(9-11-17)6-7-15-4-3-5-16(18)13-15/h3-5,8-11,13H,2,12,18H2,1H3. The lowest BCUT2D eigenvalue weighted by molar-refractivity contribution is 0.317. The van der Waals surface area contributed by atoms with Crippen LogP contribution in [-0.4, -0.2) is 6.61 Å². The first-order chi connectivity index (χ1) is 9.28. The number of anilines is 1. The van der Waals surface area contributed by atoms with Gasteiger partial charge in [-0.05, 0) is 48.9 Å². The molecule has 0 saturated heterocycles. The second-order valence-corrected chi connectivity index (χ2v) is 4.25. The second-order valence-electron chi connectivity index (χ2n) is 4.25. The number of rotatable bonds is 3. The van der Waals surface area contributed by atoms with E-state index >= 15 is 0 Å². The van der Waals surface area contributed by atoms with Gasteiger partial charge in [-0.3, -0.25) is 0 Å². The molecular formula is C17H17NO. The second kappa shape index (κ2) is 6.51. The number of benzene rings is 2. The van der Waals surface area contributed by atoms with Crippen LogP contribution in [0.15, 0.2) is 48.5 Å². The van der Waals surface area contributed by atoms with E-state index < -0.39 is 0 Å². The Morgan fingerprint density at radius 2 is 1.74 bits per heavy atom. The first-order valence-electron chi connectivity index (χ1n) is 6.38. The van der Waals surface area contributed by atoms with Crippen molar-refractivity contribution in [3.63, 3.8) is 0 Å². The molecule has 0 heterocycles. The van der Waals surface area contributed by atoms with Crippen LogP contribution in [0.25, 0.3) is 0 Å². The SMILES string of the molecule is CCCOc1ccc(C#Cc2cccc(N)c2)cc1. The maximum Gasteiger partial charge on any atom is 0.119 e. The summed E-state index contributed by atoms with van der Waals surface area (Å²) in [6, 6.07) is 15.4. The highest BCUT2D eigenvalue weighted by Crippen LogP contribution is 2.12. The lowest BCUT2D eigenvalue weighted by Crippen LogP contribution is -1.94. The van der Waals surface area contributed by atoms with Crippen LogP contribution in [0.1, 0.15) is 24.5 Å². The third-order valence-corrected chi connectivity index (χ3v) is 2.56. The van der Waals surface area contributed by atoms with Gasteiger partial charge in [0, 0.05) is 16.8 Å². The fourth-order valence-corrected chi connectivity index (χ4v) is 1.62. The van der Waals surface area contributed by atoms with Gasteiger partial charge in [0.1, 0.15) is 5.75 Å². The molecule has 0 amide bonds. The molecular weight excluding hydrogens is 234 g/mol. The minimum absolute atomic E-state index is 0.732. The van der Waals surface area contributed by atoms with Crippen LogP contribution in [0.2, 0.25) is 0 Å². The first kappa shape index (κ1) is 13.0. The van der Waals surface area contributed by atoms with Crippen molar-refractivity contribution in [3.05, 3.63) is 59.7 Å². The molecule has 2 aromatic carbocycles. The molecule has 0 atom stereocenters. The molecule has 2 N–H and O–H groups in total. The lowest BCUT2D eigenvalue weighted by atomic mass is 10.1. The quantitative estimate of drug-likeness (QED) is 0.669. The van der Waals surface area contributed by atoms with Crippen LogP contribution < -0.4 is 10.5 Å². The van der Waals surface area contributed by atoms with Crippen molar-refractivity contribution in [3.8, 4) is 17.6 Å². The Hall–Kier alpha value is -2.40. The molecule has 96 valence electrons. The molecule has 2 rings (SSSR count). The van der Waals surface area contributed by atoms with Gasteiger partial charge in [-0.1, -0.05) is 24.8 Å². The highest BCUT2D eigenvalue weighted by molar-refractivity contribution is 5.50. The van der Waals surface area contributed by atoms with Crippen molar-refractivity contribution < 1.29 is 4.74 Å². The smallest absolute Gasteiger partial charge is 0.119 e. The molecule has 0 aliphatic heterocycles. The third-order valence-electron chi connectivity index (χ3n) is 2.56. The molecule has 0 radical (unpaired) electrons. The number of hydrogen-bond acceptors (Lipinski definition) is 2. The zero-order chi connectivity index (χ0) is 13.5. The summed E-state index contributed by atoms with van der Waals surface area (Å²) in [7, 11) is 0. The van der Waals surface area contributed by atoms with Gasteiger partial charge in [-0.2, -0.15) is 0 Å². The molecule has 0 aromatic heterocycles. The molecule has 0 fully saturated rings. The lowest BCUT2D eigenvalue weighted by Gasteiger charge is -2.03. The van der Waals surface area contributed by atoms with Crippen LogP contribution in [0, 0.1) is 11.8 Å². The Bertz CT molecular complexity index is 591. The summed E-state index contributed by atoms with van der Waals surface area (Å²) in [5.74, 6) is 7.09. The highest BCUT2D eigenvalue weighted by atomic mass is 16.5. The predicted octanol–water partition coefficient (Wildman–Crippen LogP) is 3.46.